The zero-order valence-electron chi connectivity index (χ0n) is 10.2. The number of carbonyl (C=O) groups is 2. The van der Waals surface area contributed by atoms with Crippen LogP contribution in [0.25, 0.3) is 0 Å². The molecule has 0 aromatic heterocycles. The SMILES string of the molecule is CCC1OCCC1CNC(=O)CNC(=O)CN. The van der Waals surface area contributed by atoms with Gasteiger partial charge in [0.25, 0.3) is 0 Å². The maximum Gasteiger partial charge on any atom is 0.239 e. The highest BCUT2D eigenvalue weighted by atomic mass is 16.5. The Kier molecular flexibility index (Phi) is 5.93. The average Bonchev–Trinajstić information content (AvgIpc) is 2.80. The molecule has 1 fully saturated rings. The van der Waals surface area contributed by atoms with E-state index in [0.29, 0.717) is 12.5 Å². The molecule has 6 heteroatoms. The molecule has 6 nitrogen and oxygen atoms in total. The van der Waals surface area contributed by atoms with Crippen molar-refractivity contribution in [3.8, 4) is 0 Å². The summed E-state index contributed by atoms with van der Waals surface area (Å²) in [6.07, 6.45) is 2.19. The minimum atomic E-state index is -0.323. The molecule has 1 saturated heterocycles. The van der Waals surface area contributed by atoms with Gasteiger partial charge >= 0.3 is 0 Å². The van der Waals surface area contributed by atoms with Gasteiger partial charge in [0.15, 0.2) is 0 Å². The van der Waals surface area contributed by atoms with E-state index in [1.807, 2.05) is 0 Å². The first-order valence-electron chi connectivity index (χ1n) is 6.02. The fourth-order valence-electron chi connectivity index (χ4n) is 1.94. The quantitative estimate of drug-likeness (QED) is 0.557. The van der Waals surface area contributed by atoms with Crippen LogP contribution >= 0.6 is 0 Å². The number of carbonyl (C=O) groups excluding carboxylic acids is 2. The van der Waals surface area contributed by atoms with E-state index >= 15 is 0 Å². The van der Waals surface area contributed by atoms with Crippen molar-refractivity contribution in [1.82, 2.24) is 10.6 Å². The van der Waals surface area contributed by atoms with Crippen molar-refractivity contribution in [3.63, 3.8) is 0 Å². The second kappa shape index (κ2) is 7.24. The van der Waals surface area contributed by atoms with Crippen molar-refractivity contribution in [2.45, 2.75) is 25.9 Å². The first kappa shape index (κ1) is 13.9. The van der Waals surface area contributed by atoms with Gasteiger partial charge in [0, 0.05) is 19.1 Å². The van der Waals surface area contributed by atoms with Crippen LogP contribution in [0.15, 0.2) is 0 Å². The highest BCUT2D eigenvalue weighted by Gasteiger charge is 2.26. The van der Waals surface area contributed by atoms with Gasteiger partial charge in [-0.15, -0.1) is 0 Å². The molecule has 0 spiro atoms. The number of nitrogens with one attached hydrogen (secondary N) is 2. The summed E-state index contributed by atoms with van der Waals surface area (Å²) in [5.41, 5.74) is 5.11. The van der Waals surface area contributed by atoms with E-state index in [1.165, 1.54) is 0 Å². The average molecular weight is 243 g/mol. The minimum Gasteiger partial charge on any atom is -0.378 e. The molecule has 17 heavy (non-hydrogen) atoms. The summed E-state index contributed by atoms with van der Waals surface area (Å²) >= 11 is 0. The molecule has 0 aliphatic carbocycles. The molecule has 2 unspecified atom stereocenters. The largest absolute Gasteiger partial charge is 0.378 e. The molecule has 4 N–H and O–H groups in total. The summed E-state index contributed by atoms with van der Waals surface area (Å²) in [6.45, 7) is 3.34. The summed E-state index contributed by atoms with van der Waals surface area (Å²) < 4.78 is 5.53. The number of rotatable bonds is 6. The Bertz CT molecular complexity index is 271. The number of hydrogen-bond acceptors (Lipinski definition) is 4. The minimum absolute atomic E-state index is 0.0135. The van der Waals surface area contributed by atoms with Crippen LogP contribution in [0.3, 0.4) is 0 Å². The Balaban J connectivity index is 2.17. The normalized spacial score (nSPS) is 23.4. The third-order valence-electron chi connectivity index (χ3n) is 2.94. The lowest BCUT2D eigenvalue weighted by Gasteiger charge is -2.17. The smallest absolute Gasteiger partial charge is 0.239 e. The standard InChI is InChI=1S/C11H21N3O3/c1-2-9-8(3-4-17-9)6-13-11(16)7-14-10(15)5-12/h8-9H,2-7,12H2,1H3,(H,13,16)(H,14,15). The Morgan fingerprint density at radius 1 is 1.35 bits per heavy atom. The van der Waals surface area contributed by atoms with E-state index in [4.69, 9.17) is 10.5 Å². The molecular formula is C11H21N3O3. The molecule has 0 bridgehead atoms. The Labute approximate surface area is 101 Å². The topological polar surface area (TPSA) is 93.5 Å². The lowest BCUT2D eigenvalue weighted by atomic mass is 10.00. The van der Waals surface area contributed by atoms with Gasteiger partial charge in [-0.25, -0.2) is 0 Å². The molecule has 98 valence electrons. The molecule has 1 rings (SSSR count). The molecule has 2 atom stereocenters. The van der Waals surface area contributed by atoms with Crippen LogP contribution in [0.2, 0.25) is 0 Å². The predicted octanol–water partition coefficient (Wildman–Crippen LogP) is -1.01. The molecule has 1 aliphatic rings. The number of nitrogens with two attached hydrogens (primary N) is 1. The molecule has 0 radical (unpaired) electrons. The Morgan fingerprint density at radius 3 is 2.76 bits per heavy atom. The Morgan fingerprint density at radius 2 is 2.12 bits per heavy atom. The summed E-state index contributed by atoms with van der Waals surface area (Å²) in [5, 5.41) is 5.22. The van der Waals surface area contributed by atoms with Crippen LogP contribution in [0.5, 0.6) is 0 Å². The van der Waals surface area contributed by atoms with Crippen LogP contribution in [0, 0.1) is 5.92 Å². The summed E-state index contributed by atoms with van der Waals surface area (Å²) in [4.78, 5) is 22.2. The fourth-order valence-corrected chi connectivity index (χ4v) is 1.94. The monoisotopic (exact) mass is 243 g/mol. The highest BCUT2D eigenvalue weighted by molar-refractivity contribution is 5.85. The lowest BCUT2D eigenvalue weighted by molar-refractivity contribution is -0.125. The summed E-state index contributed by atoms with van der Waals surface area (Å²) in [6, 6.07) is 0. The molecule has 0 aromatic carbocycles. The third kappa shape index (κ3) is 4.70. The van der Waals surface area contributed by atoms with Gasteiger partial charge in [0.1, 0.15) is 0 Å². The van der Waals surface area contributed by atoms with E-state index in [9.17, 15) is 9.59 Å². The van der Waals surface area contributed by atoms with Gasteiger partial charge in [-0.05, 0) is 12.8 Å². The van der Waals surface area contributed by atoms with Crippen LogP contribution in [0.4, 0.5) is 0 Å². The van der Waals surface area contributed by atoms with Crippen molar-refractivity contribution in [2.24, 2.45) is 11.7 Å². The van der Waals surface area contributed by atoms with Gasteiger partial charge in [-0.2, -0.15) is 0 Å². The predicted molar refractivity (Wildman–Crippen MR) is 63.2 cm³/mol. The van der Waals surface area contributed by atoms with Crippen molar-refractivity contribution in [3.05, 3.63) is 0 Å². The fraction of sp³-hybridized carbons (Fsp3) is 0.818. The molecule has 1 aliphatic heterocycles. The van der Waals surface area contributed by atoms with Crippen molar-refractivity contribution in [2.75, 3.05) is 26.2 Å². The number of ether oxygens (including phenoxy) is 1. The van der Waals surface area contributed by atoms with E-state index < -0.39 is 0 Å². The van der Waals surface area contributed by atoms with E-state index in [0.717, 1.165) is 19.4 Å². The van der Waals surface area contributed by atoms with Crippen LogP contribution in [-0.2, 0) is 14.3 Å². The van der Waals surface area contributed by atoms with Crippen molar-refractivity contribution >= 4 is 11.8 Å². The van der Waals surface area contributed by atoms with Gasteiger partial charge in [-0.3, -0.25) is 9.59 Å². The second-order valence-electron chi connectivity index (χ2n) is 4.15. The van der Waals surface area contributed by atoms with Crippen molar-refractivity contribution < 1.29 is 14.3 Å². The van der Waals surface area contributed by atoms with Crippen LogP contribution in [0.1, 0.15) is 19.8 Å². The zero-order chi connectivity index (χ0) is 12.7. The van der Waals surface area contributed by atoms with E-state index in [2.05, 4.69) is 17.6 Å². The maximum absolute atomic E-state index is 11.4. The van der Waals surface area contributed by atoms with Crippen molar-refractivity contribution in [1.29, 1.82) is 0 Å². The number of amides is 2. The summed E-state index contributed by atoms with van der Waals surface area (Å²) in [7, 11) is 0. The van der Waals surface area contributed by atoms with Crippen LogP contribution < -0.4 is 16.4 Å². The van der Waals surface area contributed by atoms with Gasteiger partial charge in [-0.1, -0.05) is 6.92 Å². The lowest BCUT2D eigenvalue weighted by Crippen LogP contribution is -2.41. The van der Waals surface area contributed by atoms with E-state index in [1.54, 1.807) is 0 Å². The molecule has 0 saturated carbocycles. The van der Waals surface area contributed by atoms with Gasteiger partial charge < -0.3 is 21.1 Å². The number of hydrogen-bond donors (Lipinski definition) is 3. The maximum atomic E-state index is 11.4. The molecule has 2 amide bonds. The van der Waals surface area contributed by atoms with Gasteiger partial charge in [0.05, 0.1) is 19.2 Å². The zero-order valence-corrected chi connectivity index (χ0v) is 10.2. The highest BCUT2D eigenvalue weighted by Crippen LogP contribution is 2.22. The molecular weight excluding hydrogens is 222 g/mol. The first-order valence-corrected chi connectivity index (χ1v) is 6.02. The first-order chi connectivity index (χ1) is 8.17. The summed E-state index contributed by atoms with van der Waals surface area (Å²) in [5.74, 6) is -0.126. The Hall–Kier alpha value is -1.14. The molecule has 0 aromatic rings. The van der Waals surface area contributed by atoms with E-state index in [-0.39, 0.29) is 31.0 Å². The third-order valence-corrected chi connectivity index (χ3v) is 2.94. The van der Waals surface area contributed by atoms with Crippen LogP contribution in [-0.4, -0.2) is 44.2 Å². The second-order valence-corrected chi connectivity index (χ2v) is 4.15. The molecule has 1 heterocycles. The van der Waals surface area contributed by atoms with Gasteiger partial charge in [0.2, 0.25) is 11.8 Å².